The number of benzene rings is 1. The number of hydrogen-bond acceptors (Lipinski definition) is 5. The van der Waals surface area contributed by atoms with Crippen LogP contribution in [0.5, 0.6) is 0 Å². The monoisotopic (exact) mass is 345 g/mol. The van der Waals surface area contributed by atoms with Gasteiger partial charge in [-0.3, -0.25) is 9.89 Å². The number of thioether (sulfide) groups is 1. The summed E-state index contributed by atoms with van der Waals surface area (Å²) in [5.41, 5.74) is 0.992. The van der Waals surface area contributed by atoms with Crippen molar-refractivity contribution in [3.8, 4) is 11.4 Å². The first kappa shape index (κ1) is 17.0. The van der Waals surface area contributed by atoms with Crippen LogP contribution in [-0.4, -0.2) is 68.9 Å². The van der Waals surface area contributed by atoms with E-state index in [4.69, 9.17) is 0 Å². The molecule has 0 unspecified atom stereocenters. The van der Waals surface area contributed by atoms with Crippen molar-refractivity contribution in [2.45, 2.75) is 24.3 Å². The van der Waals surface area contributed by atoms with E-state index in [2.05, 4.69) is 27.0 Å². The third-order valence-electron chi connectivity index (χ3n) is 4.27. The van der Waals surface area contributed by atoms with E-state index >= 15 is 0 Å². The highest BCUT2D eigenvalue weighted by Gasteiger charge is 2.26. The van der Waals surface area contributed by atoms with E-state index in [0.29, 0.717) is 5.16 Å². The maximum absolute atomic E-state index is 12.6. The van der Waals surface area contributed by atoms with Gasteiger partial charge in [-0.25, -0.2) is 4.98 Å². The van der Waals surface area contributed by atoms with Crippen LogP contribution in [0.3, 0.4) is 0 Å². The molecule has 1 saturated heterocycles. The molecular weight excluding hydrogens is 322 g/mol. The normalized spacial score (nSPS) is 17.0. The number of H-pyrrole nitrogens is 1. The Bertz CT molecular complexity index is 667. The van der Waals surface area contributed by atoms with Crippen molar-refractivity contribution in [3.05, 3.63) is 30.3 Å². The first-order valence-electron chi connectivity index (χ1n) is 8.33. The standard InChI is InChI=1S/C17H23N5OS/c1-3-21-9-11-22(12-10-21)16(23)13(2)24-17-18-15(19-20-17)14-7-5-4-6-8-14/h4-8,13H,3,9-12H2,1-2H3,(H,18,19,20)/t13-/m0/s1. The van der Waals surface area contributed by atoms with E-state index in [0.717, 1.165) is 44.1 Å². The van der Waals surface area contributed by atoms with Crippen molar-refractivity contribution in [3.63, 3.8) is 0 Å². The molecule has 6 nitrogen and oxygen atoms in total. The summed E-state index contributed by atoms with van der Waals surface area (Å²) in [5, 5.41) is 7.61. The third kappa shape index (κ3) is 3.96. The van der Waals surface area contributed by atoms with Crippen molar-refractivity contribution in [1.29, 1.82) is 0 Å². The molecule has 7 heteroatoms. The molecule has 1 fully saturated rings. The van der Waals surface area contributed by atoms with Crippen LogP contribution in [0.4, 0.5) is 0 Å². The molecule has 2 aromatic rings. The number of likely N-dealkylation sites (N-methyl/N-ethyl adjacent to an activating group) is 1. The van der Waals surface area contributed by atoms with Gasteiger partial charge in [0.1, 0.15) is 0 Å². The molecule has 1 aromatic heterocycles. The Morgan fingerprint density at radius 3 is 2.62 bits per heavy atom. The van der Waals surface area contributed by atoms with Gasteiger partial charge in [0.05, 0.1) is 5.25 Å². The van der Waals surface area contributed by atoms with Gasteiger partial charge in [-0.15, -0.1) is 5.10 Å². The van der Waals surface area contributed by atoms with Crippen molar-refractivity contribution >= 4 is 17.7 Å². The summed E-state index contributed by atoms with van der Waals surface area (Å²) in [6.07, 6.45) is 0. The highest BCUT2D eigenvalue weighted by molar-refractivity contribution is 8.00. The average molecular weight is 345 g/mol. The lowest BCUT2D eigenvalue weighted by atomic mass is 10.2. The number of hydrogen-bond donors (Lipinski definition) is 1. The largest absolute Gasteiger partial charge is 0.339 e. The molecule has 0 aliphatic carbocycles. The van der Waals surface area contributed by atoms with Gasteiger partial charge >= 0.3 is 0 Å². The van der Waals surface area contributed by atoms with Gasteiger partial charge in [0, 0.05) is 31.7 Å². The molecule has 0 spiro atoms. The number of nitrogens with one attached hydrogen (secondary N) is 1. The fraction of sp³-hybridized carbons (Fsp3) is 0.471. The minimum absolute atomic E-state index is 0.168. The number of nitrogens with zero attached hydrogens (tertiary/aromatic N) is 4. The minimum atomic E-state index is -0.183. The van der Waals surface area contributed by atoms with Crippen molar-refractivity contribution < 1.29 is 4.79 Å². The van der Waals surface area contributed by atoms with Crippen LogP contribution in [0.2, 0.25) is 0 Å². The first-order chi connectivity index (χ1) is 11.7. The fourth-order valence-electron chi connectivity index (χ4n) is 2.77. The van der Waals surface area contributed by atoms with Gasteiger partial charge in [-0.1, -0.05) is 49.0 Å². The molecule has 1 aromatic carbocycles. The van der Waals surface area contributed by atoms with Gasteiger partial charge in [0.15, 0.2) is 5.82 Å². The SMILES string of the molecule is CCN1CCN(C(=O)[C@H](C)Sc2n[nH]c(-c3ccccc3)n2)CC1. The number of carbonyl (C=O) groups excluding carboxylic acids is 1. The van der Waals surface area contributed by atoms with E-state index in [1.807, 2.05) is 42.2 Å². The van der Waals surface area contributed by atoms with Crippen LogP contribution in [-0.2, 0) is 4.79 Å². The molecule has 1 aliphatic rings. The predicted octanol–water partition coefficient (Wildman–Crippen LogP) is 2.12. The van der Waals surface area contributed by atoms with Crippen LogP contribution in [0.25, 0.3) is 11.4 Å². The summed E-state index contributed by atoms with van der Waals surface area (Å²) in [6, 6.07) is 9.86. The summed E-state index contributed by atoms with van der Waals surface area (Å²) in [5.74, 6) is 0.899. The molecule has 1 N–H and O–H groups in total. The maximum atomic E-state index is 12.6. The number of amides is 1. The quantitative estimate of drug-likeness (QED) is 0.841. The topological polar surface area (TPSA) is 65.1 Å². The second-order valence-electron chi connectivity index (χ2n) is 5.85. The second kappa shape index (κ2) is 7.81. The zero-order valence-electron chi connectivity index (χ0n) is 14.1. The molecule has 1 atom stereocenters. The number of carbonyl (C=O) groups is 1. The van der Waals surface area contributed by atoms with Gasteiger partial charge in [0.2, 0.25) is 11.1 Å². The lowest BCUT2D eigenvalue weighted by Crippen LogP contribution is -2.50. The average Bonchev–Trinajstić information content (AvgIpc) is 3.10. The summed E-state index contributed by atoms with van der Waals surface area (Å²) in [7, 11) is 0. The lowest BCUT2D eigenvalue weighted by molar-refractivity contribution is -0.132. The second-order valence-corrected chi connectivity index (χ2v) is 7.16. The van der Waals surface area contributed by atoms with Crippen LogP contribution < -0.4 is 0 Å². The Hall–Kier alpha value is -1.86. The summed E-state index contributed by atoms with van der Waals surface area (Å²) in [6.45, 7) is 8.66. The van der Waals surface area contributed by atoms with Crippen LogP contribution in [0.1, 0.15) is 13.8 Å². The Kier molecular flexibility index (Phi) is 5.52. The smallest absolute Gasteiger partial charge is 0.235 e. The van der Waals surface area contributed by atoms with Crippen LogP contribution >= 0.6 is 11.8 Å². The number of aromatic amines is 1. The van der Waals surface area contributed by atoms with Crippen molar-refractivity contribution in [2.24, 2.45) is 0 Å². The van der Waals surface area contributed by atoms with E-state index in [9.17, 15) is 4.79 Å². The van der Waals surface area contributed by atoms with E-state index in [1.54, 1.807) is 0 Å². The molecule has 2 heterocycles. The molecule has 1 aliphatic heterocycles. The Morgan fingerprint density at radius 2 is 1.96 bits per heavy atom. The molecule has 128 valence electrons. The lowest BCUT2D eigenvalue weighted by Gasteiger charge is -2.35. The van der Waals surface area contributed by atoms with Crippen molar-refractivity contribution in [1.82, 2.24) is 25.0 Å². The van der Waals surface area contributed by atoms with Gasteiger partial charge in [0.25, 0.3) is 0 Å². The van der Waals surface area contributed by atoms with E-state index in [-0.39, 0.29) is 11.2 Å². The first-order valence-corrected chi connectivity index (χ1v) is 9.21. The van der Waals surface area contributed by atoms with Gasteiger partial charge in [-0.2, -0.15) is 0 Å². The molecule has 0 saturated carbocycles. The Labute approximate surface area is 146 Å². The Balaban J connectivity index is 1.58. The van der Waals surface area contributed by atoms with E-state index in [1.165, 1.54) is 11.8 Å². The summed E-state index contributed by atoms with van der Waals surface area (Å²) in [4.78, 5) is 21.4. The Morgan fingerprint density at radius 1 is 1.25 bits per heavy atom. The highest BCUT2D eigenvalue weighted by Crippen LogP contribution is 2.24. The minimum Gasteiger partial charge on any atom is -0.339 e. The summed E-state index contributed by atoms with van der Waals surface area (Å²) >= 11 is 1.41. The number of rotatable bonds is 5. The number of piperazine rings is 1. The summed E-state index contributed by atoms with van der Waals surface area (Å²) < 4.78 is 0. The maximum Gasteiger partial charge on any atom is 0.235 e. The molecule has 0 radical (unpaired) electrons. The van der Waals surface area contributed by atoms with Crippen LogP contribution in [0.15, 0.2) is 35.5 Å². The zero-order valence-corrected chi connectivity index (χ0v) is 14.9. The van der Waals surface area contributed by atoms with E-state index < -0.39 is 0 Å². The fourth-order valence-corrected chi connectivity index (χ4v) is 3.58. The molecule has 0 bridgehead atoms. The van der Waals surface area contributed by atoms with Crippen LogP contribution in [0, 0.1) is 0 Å². The molecule has 3 rings (SSSR count). The molecule has 1 amide bonds. The highest BCUT2D eigenvalue weighted by atomic mass is 32.2. The third-order valence-corrected chi connectivity index (χ3v) is 5.22. The molecular formula is C17H23N5OS. The van der Waals surface area contributed by atoms with Gasteiger partial charge < -0.3 is 9.80 Å². The van der Waals surface area contributed by atoms with Gasteiger partial charge in [-0.05, 0) is 13.5 Å². The predicted molar refractivity (Wildman–Crippen MR) is 95.8 cm³/mol. The number of aromatic nitrogens is 3. The molecule has 24 heavy (non-hydrogen) atoms. The van der Waals surface area contributed by atoms with Crippen molar-refractivity contribution in [2.75, 3.05) is 32.7 Å². The zero-order chi connectivity index (χ0) is 16.9.